The van der Waals surface area contributed by atoms with E-state index in [2.05, 4.69) is 0 Å². The highest BCUT2D eigenvalue weighted by atomic mass is 32.1. The van der Waals surface area contributed by atoms with Gasteiger partial charge in [-0.3, -0.25) is 14.9 Å². The van der Waals surface area contributed by atoms with Gasteiger partial charge in [-0.1, -0.05) is 0 Å². The van der Waals surface area contributed by atoms with Gasteiger partial charge in [0.1, 0.15) is 4.70 Å². The fourth-order valence-corrected chi connectivity index (χ4v) is 2.46. The van der Waals surface area contributed by atoms with Crippen LogP contribution in [0.2, 0.25) is 0 Å². The van der Waals surface area contributed by atoms with E-state index in [9.17, 15) is 20.0 Å². The molecule has 16 heavy (non-hydrogen) atoms. The second-order valence-corrected chi connectivity index (χ2v) is 4.05. The Bertz CT molecular complexity index is 628. The van der Waals surface area contributed by atoms with Crippen LogP contribution in [0.3, 0.4) is 0 Å². The zero-order chi connectivity index (χ0) is 11.9. The SMILES string of the molecule is CCn1c(=O)c([N+](=O)[O-])c(O)c2sccc21. The summed E-state index contributed by atoms with van der Waals surface area (Å²) in [5.74, 6) is -0.537. The Morgan fingerprint density at radius 2 is 2.31 bits per heavy atom. The standard InChI is InChI=1S/C9H8N2O4S/c1-2-10-5-3-4-16-8(5)7(12)6(9(10)13)11(14)15/h3-4,12H,2H2,1H3. The van der Waals surface area contributed by atoms with Gasteiger partial charge in [0.15, 0.2) is 0 Å². The van der Waals surface area contributed by atoms with Crippen molar-refractivity contribution in [1.82, 2.24) is 4.57 Å². The maximum Gasteiger partial charge on any atom is 0.376 e. The minimum atomic E-state index is -0.844. The third-order valence-electron chi connectivity index (χ3n) is 2.32. The average Bonchev–Trinajstić information content (AvgIpc) is 2.66. The largest absolute Gasteiger partial charge is 0.501 e. The Hall–Kier alpha value is -1.89. The number of thiophene rings is 1. The van der Waals surface area contributed by atoms with Gasteiger partial charge in [-0.05, 0) is 18.4 Å². The van der Waals surface area contributed by atoms with Crippen LogP contribution in [0.1, 0.15) is 6.92 Å². The summed E-state index contributed by atoms with van der Waals surface area (Å²) in [5.41, 5.74) is -0.992. The van der Waals surface area contributed by atoms with Crippen molar-refractivity contribution in [3.63, 3.8) is 0 Å². The molecule has 2 aromatic rings. The van der Waals surface area contributed by atoms with Crippen LogP contribution in [0.4, 0.5) is 5.69 Å². The van der Waals surface area contributed by atoms with E-state index in [1.165, 1.54) is 15.9 Å². The Kier molecular flexibility index (Phi) is 2.39. The normalized spacial score (nSPS) is 10.8. The highest BCUT2D eigenvalue weighted by molar-refractivity contribution is 7.17. The van der Waals surface area contributed by atoms with Crippen LogP contribution in [0.5, 0.6) is 5.75 Å². The zero-order valence-electron chi connectivity index (χ0n) is 8.34. The number of fused-ring (bicyclic) bond motifs is 1. The van der Waals surface area contributed by atoms with Crippen molar-refractivity contribution < 1.29 is 10.0 Å². The molecule has 0 saturated heterocycles. The van der Waals surface area contributed by atoms with Gasteiger partial charge in [0.2, 0.25) is 5.75 Å². The number of aromatic hydroxyl groups is 1. The molecule has 0 aromatic carbocycles. The molecule has 0 fully saturated rings. The lowest BCUT2D eigenvalue weighted by Gasteiger charge is -2.05. The Morgan fingerprint density at radius 3 is 2.88 bits per heavy atom. The van der Waals surface area contributed by atoms with E-state index in [0.29, 0.717) is 16.8 Å². The third-order valence-corrected chi connectivity index (χ3v) is 3.23. The third kappa shape index (κ3) is 1.28. The molecule has 0 aliphatic carbocycles. The van der Waals surface area contributed by atoms with Crippen molar-refractivity contribution >= 4 is 27.2 Å². The summed E-state index contributed by atoms with van der Waals surface area (Å²) in [6.45, 7) is 2.05. The van der Waals surface area contributed by atoms with Gasteiger partial charge in [-0.15, -0.1) is 11.3 Å². The van der Waals surface area contributed by atoms with E-state index in [4.69, 9.17) is 0 Å². The molecule has 0 spiro atoms. The molecule has 2 heterocycles. The summed E-state index contributed by atoms with van der Waals surface area (Å²) < 4.78 is 1.65. The molecule has 0 unspecified atom stereocenters. The van der Waals surface area contributed by atoms with Crippen molar-refractivity contribution in [2.24, 2.45) is 0 Å². The Morgan fingerprint density at radius 1 is 1.62 bits per heavy atom. The minimum absolute atomic E-state index is 0.327. The van der Waals surface area contributed by atoms with Gasteiger partial charge in [-0.2, -0.15) is 0 Å². The number of nitro groups is 1. The van der Waals surface area contributed by atoms with Crippen molar-refractivity contribution in [1.29, 1.82) is 0 Å². The summed E-state index contributed by atoms with van der Waals surface area (Å²) in [5, 5.41) is 22.1. The lowest BCUT2D eigenvalue weighted by Crippen LogP contribution is -2.21. The van der Waals surface area contributed by atoms with Gasteiger partial charge >= 0.3 is 11.2 Å². The molecule has 7 heteroatoms. The summed E-state index contributed by atoms with van der Waals surface area (Å²) >= 11 is 1.17. The van der Waals surface area contributed by atoms with E-state index in [0.717, 1.165) is 0 Å². The van der Waals surface area contributed by atoms with E-state index in [1.54, 1.807) is 18.4 Å². The number of nitrogens with zero attached hydrogens (tertiary/aromatic N) is 2. The molecule has 0 bridgehead atoms. The average molecular weight is 240 g/mol. The van der Waals surface area contributed by atoms with E-state index < -0.39 is 21.9 Å². The number of rotatable bonds is 2. The highest BCUT2D eigenvalue weighted by Crippen LogP contribution is 2.34. The predicted octanol–water partition coefficient (Wildman–Crippen LogP) is 1.70. The van der Waals surface area contributed by atoms with E-state index >= 15 is 0 Å². The summed E-state index contributed by atoms with van der Waals surface area (Å²) in [7, 11) is 0. The van der Waals surface area contributed by atoms with Crippen molar-refractivity contribution in [3.05, 3.63) is 31.9 Å². The van der Waals surface area contributed by atoms with Crippen LogP contribution in [-0.2, 0) is 6.54 Å². The molecule has 0 amide bonds. The van der Waals surface area contributed by atoms with Gasteiger partial charge < -0.3 is 9.67 Å². The molecule has 0 aliphatic heterocycles. The first-order valence-electron chi connectivity index (χ1n) is 4.55. The first kappa shape index (κ1) is 10.6. The topological polar surface area (TPSA) is 85.4 Å². The lowest BCUT2D eigenvalue weighted by molar-refractivity contribution is -0.387. The Balaban J connectivity index is 3.02. The summed E-state index contributed by atoms with van der Waals surface area (Å²) in [6.07, 6.45) is 0. The zero-order valence-corrected chi connectivity index (χ0v) is 9.15. The van der Waals surface area contributed by atoms with Crippen LogP contribution in [-0.4, -0.2) is 14.6 Å². The predicted molar refractivity (Wildman–Crippen MR) is 60.1 cm³/mol. The molecule has 0 saturated carbocycles. The molecule has 1 N–H and O–H groups in total. The van der Waals surface area contributed by atoms with Crippen LogP contribution in [0.25, 0.3) is 10.2 Å². The molecule has 84 valence electrons. The van der Waals surface area contributed by atoms with Crippen LogP contribution >= 0.6 is 11.3 Å². The fourth-order valence-electron chi connectivity index (χ4n) is 1.62. The molecule has 0 radical (unpaired) electrons. The maximum atomic E-state index is 11.7. The molecule has 6 nitrogen and oxygen atoms in total. The second kappa shape index (κ2) is 3.60. The molecule has 2 aromatic heterocycles. The smallest absolute Gasteiger partial charge is 0.376 e. The number of pyridine rings is 1. The van der Waals surface area contributed by atoms with Crippen molar-refractivity contribution in [3.8, 4) is 5.75 Å². The number of hydrogen-bond donors (Lipinski definition) is 1. The van der Waals surface area contributed by atoms with Gasteiger partial charge in [0, 0.05) is 6.54 Å². The van der Waals surface area contributed by atoms with Crippen LogP contribution in [0.15, 0.2) is 16.2 Å². The van der Waals surface area contributed by atoms with Crippen LogP contribution in [0, 0.1) is 10.1 Å². The second-order valence-electron chi connectivity index (χ2n) is 3.14. The Labute approximate surface area is 93.5 Å². The molecular weight excluding hydrogens is 232 g/mol. The highest BCUT2D eigenvalue weighted by Gasteiger charge is 2.25. The monoisotopic (exact) mass is 240 g/mol. The fraction of sp³-hybridized carbons (Fsp3) is 0.222. The lowest BCUT2D eigenvalue weighted by atomic mass is 10.3. The first-order chi connectivity index (χ1) is 7.57. The molecule has 0 atom stereocenters. The molecular formula is C9H8N2O4S. The van der Waals surface area contributed by atoms with Crippen molar-refractivity contribution in [2.45, 2.75) is 13.5 Å². The molecule has 0 aliphatic rings. The van der Waals surface area contributed by atoms with E-state index in [-0.39, 0.29) is 0 Å². The van der Waals surface area contributed by atoms with Gasteiger partial charge in [0.25, 0.3) is 0 Å². The number of hydrogen-bond acceptors (Lipinski definition) is 5. The number of aryl methyl sites for hydroxylation is 1. The first-order valence-corrected chi connectivity index (χ1v) is 5.43. The summed E-state index contributed by atoms with van der Waals surface area (Å²) in [6, 6.07) is 1.66. The maximum absolute atomic E-state index is 11.7. The number of aromatic nitrogens is 1. The van der Waals surface area contributed by atoms with Crippen LogP contribution < -0.4 is 5.56 Å². The summed E-state index contributed by atoms with van der Waals surface area (Å²) in [4.78, 5) is 21.6. The van der Waals surface area contributed by atoms with E-state index in [1.807, 2.05) is 0 Å². The minimum Gasteiger partial charge on any atom is -0.501 e. The quantitative estimate of drug-likeness (QED) is 0.639. The van der Waals surface area contributed by atoms with Crippen molar-refractivity contribution in [2.75, 3.05) is 0 Å². The molecule has 2 rings (SSSR count). The van der Waals surface area contributed by atoms with Gasteiger partial charge in [-0.25, -0.2) is 0 Å². The van der Waals surface area contributed by atoms with Gasteiger partial charge in [0.05, 0.1) is 10.4 Å².